The van der Waals surface area contributed by atoms with E-state index in [0.717, 1.165) is 17.1 Å². The number of methoxy groups -OCH3 is 2. The van der Waals surface area contributed by atoms with Gasteiger partial charge in [0.25, 0.3) is 5.91 Å². The molecule has 1 heterocycles. The summed E-state index contributed by atoms with van der Waals surface area (Å²) < 4.78 is 22.8. The Morgan fingerprint density at radius 1 is 1.00 bits per heavy atom. The number of ether oxygens (including phenoxy) is 4. The summed E-state index contributed by atoms with van der Waals surface area (Å²) in [5.74, 6) is 2.63. The molecule has 0 aromatic heterocycles. The number of thioether (sulfide) groups is 1. The Kier molecular flexibility index (Phi) is 7.59. The average molecular weight is 446 g/mol. The van der Waals surface area contributed by atoms with E-state index in [1.807, 2.05) is 42.5 Å². The monoisotopic (exact) mass is 445 g/mol. The standard InChI is InChI=1S/C22H23NO5S2/c1-23-21(24)19(30-22(23)29)14-15-6-4-7-18(26-3)20(15)28-13-5-12-27-17-10-8-16(25-2)9-11-17/h4,6-11,14H,5,12-13H2,1-3H3/b19-14+. The van der Waals surface area contributed by atoms with Gasteiger partial charge in [-0.15, -0.1) is 0 Å². The third-order valence-corrected chi connectivity index (χ3v) is 5.85. The maximum absolute atomic E-state index is 12.3. The smallest absolute Gasteiger partial charge is 0.265 e. The first-order valence-corrected chi connectivity index (χ1v) is 10.5. The van der Waals surface area contributed by atoms with E-state index < -0.39 is 0 Å². The zero-order valence-electron chi connectivity index (χ0n) is 17.0. The maximum atomic E-state index is 12.3. The van der Waals surface area contributed by atoms with E-state index in [0.29, 0.717) is 40.4 Å². The molecule has 1 aliphatic heterocycles. The van der Waals surface area contributed by atoms with Crippen molar-refractivity contribution in [2.45, 2.75) is 6.42 Å². The number of hydrogen-bond acceptors (Lipinski definition) is 7. The van der Waals surface area contributed by atoms with Crippen LogP contribution in [0, 0.1) is 0 Å². The highest BCUT2D eigenvalue weighted by Crippen LogP contribution is 2.37. The summed E-state index contributed by atoms with van der Waals surface area (Å²) in [5.41, 5.74) is 0.763. The molecular formula is C22H23NO5S2. The van der Waals surface area contributed by atoms with Gasteiger partial charge in [-0.25, -0.2) is 0 Å². The second-order valence-corrected chi connectivity index (χ2v) is 8.02. The zero-order valence-corrected chi connectivity index (χ0v) is 18.7. The van der Waals surface area contributed by atoms with Crippen molar-refractivity contribution >= 4 is 40.3 Å². The van der Waals surface area contributed by atoms with E-state index in [1.54, 1.807) is 27.3 Å². The molecule has 0 spiro atoms. The van der Waals surface area contributed by atoms with Crippen LogP contribution in [-0.4, -0.2) is 49.6 Å². The van der Waals surface area contributed by atoms with Gasteiger partial charge >= 0.3 is 0 Å². The van der Waals surface area contributed by atoms with Gasteiger partial charge in [-0.1, -0.05) is 36.1 Å². The maximum Gasteiger partial charge on any atom is 0.265 e. The van der Waals surface area contributed by atoms with Crippen LogP contribution in [0.1, 0.15) is 12.0 Å². The van der Waals surface area contributed by atoms with Gasteiger partial charge in [-0.2, -0.15) is 0 Å². The third-order valence-electron chi connectivity index (χ3n) is 4.37. The largest absolute Gasteiger partial charge is 0.497 e. The Hall–Kier alpha value is -2.71. The van der Waals surface area contributed by atoms with Crippen LogP contribution in [-0.2, 0) is 4.79 Å². The molecule has 1 fully saturated rings. The van der Waals surface area contributed by atoms with E-state index in [-0.39, 0.29) is 5.91 Å². The van der Waals surface area contributed by atoms with Crippen molar-refractivity contribution < 1.29 is 23.7 Å². The molecule has 0 saturated carbocycles. The fourth-order valence-corrected chi connectivity index (χ4v) is 3.91. The van der Waals surface area contributed by atoms with Crippen LogP contribution in [0.3, 0.4) is 0 Å². The second-order valence-electron chi connectivity index (χ2n) is 6.35. The SMILES string of the molecule is COc1ccc(OCCCOc2c(/C=C3/SC(=S)N(C)C3=O)cccc2OC)cc1. The first kappa shape index (κ1) is 22.0. The number of carbonyl (C=O) groups excluding carboxylic acids is 1. The predicted molar refractivity (Wildman–Crippen MR) is 123 cm³/mol. The number of para-hydroxylation sites is 1. The Labute approximate surface area is 185 Å². The van der Waals surface area contributed by atoms with Crippen molar-refractivity contribution in [1.82, 2.24) is 4.90 Å². The summed E-state index contributed by atoms with van der Waals surface area (Å²) >= 11 is 6.47. The number of amides is 1. The topological polar surface area (TPSA) is 57.2 Å². The molecule has 0 N–H and O–H groups in total. The lowest BCUT2D eigenvalue weighted by Crippen LogP contribution is -2.22. The van der Waals surface area contributed by atoms with E-state index in [2.05, 4.69) is 0 Å². The molecule has 3 rings (SSSR count). The molecule has 1 amide bonds. The Bertz CT molecular complexity index is 943. The zero-order chi connectivity index (χ0) is 21.5. The van der Waals surface area contributed by atoms with Gasteiger partial charge in [0.15, 0.2) is 11.5 Å². The van der Waals surface area contributed by atoms with E-state index in [9.17, 15) is 4.79 Å². The molecule has 6 nitrogen and oxygen atoms in total. The molecule has 0 aliphatic carbocycles. The lowest BCUT2D eigenvalue weighted by atomic mass is 10.1. The average Bonchev–Trinajstić information content (AvgIpc) is 3.01. The number of benzene rings is 2. The predicted octanol–water partition coefficient (Wildman–Crippen LogP) is 4.38. The fourth-order valence-electron chi connectivity index (χ4n) is 2.74. The molecule has 1 aliphatic rings. The summed E-state index contributed by atoms with van der Waals surface area (Å²) in [5, 5.41) is 0. The van der Waals surface area contributed by atoms with Crippen LogP contribution < -0.4 is 18.9 Å². The van der Waals surface area contributed by atoms with Crippen molar-refractivity contribution in [2.24, 2.45) is 0 Å². The number of carbonyl (C=O) groups is 1. The minimum absolute atomic E-state index is 0.119. The summed E-state index contributed by atoms with van der Waals surface area (Å²) in [4.78, 5) is 14.3. The number of hydrogen-bond donors (Lipinski definition) is 0. The van der Waals surface area contributed by atoms with Crippen LogP contribution in [0.25, 0.3) is 6.08 Å². The second kappa shape index (κ2) is 10.4. The van der Waals surface area contributed by atoms with Gasteiger partial charge in [0.1, 0.15) is 15.8 Å². The lowest BCUT2D eigenvalue weighted by Gasteiger charge is -2.14. The Morgan fingerprint density at radius 3 is 2.33 bits per heavy atom. The van der Waals surface area contributed by atoms with Crippen LogP contribution in [0.2, 0.25) is 0 Å². The minimum atomic E-state index is -0.119. The van der Waals surface area contributed by atoms with Crippen molar-refractivity contribution in [2.75, 3.05) is 34.5 Å². The van der Waals surface area contributed by atoms with Gasteiger partial charge in [0.05, 0.1) is 32.3 Å². The third kappa shape index (κ3) is 5.25. The van der Waals surface area contributed by atoms with Crippen LogP contribution >= 0.6 is 24.0 Å². The van der Waals surface area contributed by atoms with Gasteiger partial charge < -0.3 is 18.9 Å². The molecule has 30 heavy (non-hydrogen) atoms. The molecular weight excluding hydrogens is 422 g/mol. The van der Waals surface area contributed by atoms with Gasteiger partial charge in [-0.3, -0.25) is 9.69 Å². The van der Waals surface area contributed by atoms with Crippen LogP contribution in [0.15, 0.2) is 47.4 Å². The number of rotatable bonds is 9. The number of nitrogens with zero attached hydrogens (tertiary/aromatic N) is 1. The molecule has 2 aromatic rings. The molecule has 1 saturated heterocycles. The van der Waals surface area contributed by atoms with Crippen molar-refractivity contribution in [1.29, 1.82) is 0 Å². The van der Waals surface area contributed by atoms with Crippen LogP contribution in [0.4, 0.5) is 0 Å². The lowest BCUT2D eigenvalue weighted by molar-refractivity contribution is -0.121. The molecule has 0 unspecified atom stereocenters. The Morgan fingerprint density at radius 2 is 1.70 bits per heavy atom. The molecule has 158 valence electrons. The van der Waals surface area contributed by atoms with Gasteiger partial charge in [0.2, 0.25) is 0 Å². The Balaban J connectivity index is 1.62. The molecule has 8 heteroatoms. The normalized spacial score (nSPS) is 14.9. The highest BCUT2D eigenvalue weighted by Gasteiger charge is 2.29. The number of thiocarbonyl (C=S) groups is 1. The highest BCUT2D eigenvalue weighted by atomic mass is 32.2. The van der Waals surface area contributed by atoms with Gasteiger partial charge in [-0.05, 0) is 36.4 Å². The summed E-state index contributed by atoms with van der Waals surface area (Å²) in [6.07, 6.45) is 2.47. The van der Waals surface area contributed by atoms with Crippen molar-refractivity contribution in [3.63, 3.8) is 0 Å². The fraction of sp³-hybridized carbons (Fsp3) is 0.273. The minimum Gasteiger partial charge on any atom is -0.497 e. The van der Waals surface area contributed by atoms with Gasteiger partial charge in [0, 0.05) is 19.0 Å². The van der Waals surface area contributed by atoms with E-state index in [1.165, 1.54) is 16.7 Å². The number of likely N-dealkylation sites (N-methyl/N-ethyl adjacent to an activating group) is 1. The van der Waals surface area contributed by atoms with E-state index >= 15 is 0 Å². The van der Waals surface area contributed by atoms with Crippen molar-refractivity contribution in [3.8, 4) is 23.0 Å². The first-order valence-electron chi connectivity index (χ1n) is 9.31. The summed E-state index contributed by atoms with van der Waals surface area (Å²) in [6.45, 7) is 0.942. The van der Waals surface area contributed by atoms with Crippen LogP contribution in [0.5, 0.6) is 23.0 Å². The summed E-state index contributed by atoms with van der Waals surface area (Å²) in [6, 6.07) is 13.0. The first-order chi connectivity index (χ1) is 14.5. The van der Waals surface area contributed by atoms with E-state index in [4.69, 9.17) is 31.2 Å². The molecule has 2 aromatic carbocycles. The molecule has 0 radical (unpaired) electrons. The molecule has 0 bridgehead atoms. The quantitative estimate of drug-likeness (QED) is 0.322. The van der Waals surface area contributed by atoms with Crippen molar-refractivity contribution in [3.05, 3.63) is 52.9 Å². The highest BCUT2D eigenvalue weighted by molar-refractivity contribution is 8.26. The summed E-state index contributed by atoms with van der Waals surface area (Å²) in [7, 11) is 4.89. The molecule has 0 atom stereocenters.